The lowest BCUT2D eigenvalue weighted by Crippen LogP contribution is -2.07. The predicted molar refractivity (Wildman–Crippen MR) is 72.3 cm³/mol. The average Bonchev–Trinajstić information content (AvgIpc) is 2.40. The number of benzene rings is 2. The second-order valence-electron chi connectivity index (χ2n) is 4.45. The van der Waals surface area contributed by atoms with Gasteiger partial charge in [0, 0.05) is 5.56 Å². The molecule has 2 nitrogen and oxygen atoms in total. The van der Waals surface area contributed by atoms with E-state index in [1.807, 2.05) is 13.8 Å². The summed E-state index contributed by atoms with van der Waals surface area (Å²) in [6, 6.07) is 9.54. The average molecular weight is 258 g/mol. The van der Waals surface area contributed by atoms with Gasteiger partial charge >= 0.3 is 0 Å². The first kappa shape index (κ1) is 13.3. The Morgan fingerprint density at radius 1 is 1.05 bits per heavy atom. The van der Waals surface area contributed by atoms with Crippen LogP contribution in [0.15, 0.2) is 36.4 Å². The van der Waals surface area contributed by atoms with Crippen LogP contribution in [0.1, 0.15) is 27.0 Å². The number of aryl methyl sites for hydroxylation is 2. The van der Waals surface area contributed by atoms with Gasteiger partial charge in [-0.05, 0) is 49.2 Å². The highest BCUT2D eigenvalue weighted by Gasteiger charge is 2.17. The van der Waals surface area contributed by atoms with Crippen LogP contribution < -0.4 is 4.74 Å². The molecular weight excluding hydrogens is 243 g/mol. The van der Waals surface area contributed by atoms with Gasteiger partial charge in [0.2, 0.25) is 0 Å². The Balaban J connectivity index is 2.51. The van der Waals surface area contributed by atoms with Crippen LogP contribution >= 0.6 is 0 Å². The van der Waals surface area contributed by atoms with Crippen LogP contribution in [-0.4, -0.2) is 12.9 Å². The maximum absolute atomic E-state index is 13.7. The number of ether oxygens (including phenoxy) is 1. The minimum absolute atomic E-state index is 0.0927. The van der Waals surface area contributed by atoms with E-state index in [2.05, 4.69) is 0 Å². The highest BCUT2D eigenvalue weighted by atomic mass is 19.1. The number of rotatable bonds is 3. The standard InChI is InChI=1S/C16H15FO2/c1-10-9-15(19-3)11(2)8-13(10)16(18)12-6-4-5-7-14(12)17/h4-9H,1-3H3. The van der Waals surface area contributed by atoms with E-state index < -0.39 is 5.82 Å². The zero-order valence-corrected chi connectivity index (χ0v) is 11.2. The van der Waals surface area contributed by atoms with Crippen molar-refractivity contribution in [3.63, 3.8) is 0 Å². The van der Waals surface area contributed by atoms with E-state index in [1.165, 1.54) is 12.1 Å². The van der Waals surface area contributed by atoms with Gasteiger partial charge in [0.1, 0.15) is 11.6 Å². The van der Waals surface area contributed by atoms with Crippen molar-refractivity contribution in [2.75, 3.05) is 7.11 Å². The van der Waals surface area contributed by atoms with Gasteiger partial charge in [-0.1, -0.05) is 12.1 Å². The summed E-state index contributed by atoms with van der Waals surface area (Å²) < 4.78 is 18.9. The molecule has 0 unspecified atom stereocenters. The van der Waals surface area contributed by atoms with Crippen molar-refractivity contribution in [1.82, 2.24) is 0 Å². The lowest BCUT2D eigenvalue weighted by molar-refractivity contribution is 0.103. The first-order chi connectivity index (χ1) is 9.04. The van der Waals surface area contributed by atoms with E-state index in [1.54, 1.807) is 31.4 Å². The van der Waals surface area contributed by atoms with Crippen molar-refractivity contribution >= 4 is 5.78 Å². The second-order valence-corrected chi connectivity index (χ2v) is 4.45. The van der Waals surface area contributed by atoms with Gasteiger partial charge in [0.25, 0.3) is 0 Å². The Hall–Kier alpha value is -2.16. The summed E-state index contributed by atoms with van der Waals surface area (Å²) in [6.07, 6.45) is 0. The van der Waals surface area contributed by atoms with Crippen LogP contribution in [0.3, 0.4) is 0 Å². The minimum atomic E-state index is -0.500. The van der Waals surface area contributed by atoms with Gasteiger partial charge in [0.15, 0.2) is 5.78 Å². The number of methoxy groups -OCH3 is 1. The minimum Gasteiger partial charge on any atom is -0.496 e. The molecule has 0 aromatic heterocycles. The maximum atomic E-state index is 13.7. The molecule has 3 heteroatoms. The summed E-state index contributed by atoms with van der Waals surface area (Å²) >= 11 is 0. The fraction of sp³-hybridized carbons (Fsp3) is 0.188. The van der Waals surface area contributed by atoms with E-state index >= 15 is 0 Å². The molecule has 2 rings (SSSR count). The quantitative estimate of drug-likeness (QED) is 0.785. The first-order valence-electron chi connectivity index (χ1n) is 5.99. The molecule has 0 bridgehead atoms. The molecule has 0 amide bonds. The second kappa shape index (κ2) is 5.22. The SMILES string of the molecule is COc1cc(C)c(C(=O)c2ccccc2F)cc1C. The smallest absolute Gasteiger partial charge is 0.196 e. The third-order valence-corrected chi connectivity index (χ3v) is 3.10. The lowest BCUT2D eigenvalue weighted by Gasteiger charge is -2.11. The fourth-order valence-electron chi connectivity index (χ4n) is 2.04. The zero-order valence-electron chi connectivity index (χ0n) is 11.2. The van der Waals surface area contributed by atoms with Crippen LogP contribution in [0.5, 0.6) is 5.75 Å². The van der Waals surface area contributed by atoms with Gasteiger partial charge in [-0.2, -0.15) is 0 Å². The van der Waals surface area contributed by atoms with Crippen molar-refractivity contribution < 1.29 is 13.9 Å². The summed E-state index contributed by atoms with van der Waals surface area (Å²) in [5, 5.41) is 0. The molecule has 2 aromatic carbocycles. The summed E-state index contributed by atoms with van der Waals surface area (Å²) in [4.78, 5) is 12.4. The van der Waals surface area contributed by atoms with Crippen molar-refractivity contribution in [3.05, 3.63) is 64.5 Å². The predicted octanol–water partition coefficient (Wildman–Crippen LogP) is 3.68. The topological polar surface area (TPSA) is 26.3 Å². The molecule has 0 aliphatic carbocycles. The Kier molecular flexibility index (Phi) is 3.65. The number of hydrogen-bond acceptors (Lipinski definition) is 2. The van der Waals surface area contributed by atoms with Crippen molar-refractivity contribution in [1.29, 1.82) is 0 Å². The van der Waals surface area contributed by atoms with Gasteiger partial charge in [-0.15, -0.1) is 0 Å². The molecule has 0 spiro atoms. The molecule has 0 aliphatic heterocycles. The molecule has 0 atom stereocenters. The molecule has 98 valence electrons. The summed E-state index contributed by atoms with van der Waals surface area (Å²) in [6.45, 7) is 3.67. The van der Waals surface area contributed by atoms with Crippen LogP contribution in [0, 0.1) is 19.7 Å². The van der Waals surface area contributed by atoms with Gasteiger partial charge in [-0.3, -0.25) is 4.79 Å². The number of halogens is 1. The number of hydrogen-bond donors (Lipinski definition) is 0. The number of ketones is 1. The van der Waals surface area contributed by atoms with Gasteiger partial charge in [0.05, 0.1) is 12.7 Å². The van der Waals surface area contributed by atoms with Crippen molar-refractivity contribution in [2.24, 2.45) is 0 Å². The van der Waals surface area contributed by atoms with E-state index in [0.717, 1.165) is 16.9 Å². The fourth-order valence-corrected chi connectivity index (χ4v) is 2.04. The van der Waals surface area contributed by atoms with E-state index in [4.69, 9.17) is 4.74 Å². The highest BCUT2D eigenvalue weighted by Crippen LogP contribution is 2.25. The summed E-state index contributed by atoms with van der Waals surface area (Å²) in [5.74, 6) is -0.0793. The first-order valence-corrected chi connectivity index (χ1v) is 5.99. The van der Waals surface area contributed by atoms with Crippen LogP contribution in [-0.2, 0) is 0 Å². The van der Waals surface area contributed by atoms with E-state index in [-0.39, 0.29) is 11.3 Å². The molecule has 0 aliphatic rings. The van der Waals surface area contributed by atoms with Crippen LogP contribution in [0.2, 0.25) is 0 Å². The molecular formula is C16H15FO2. The van der Waals surface area contributed by atoms with Crippen LogP contribution in [0.4, 0.5) is 4.39 Å². The third kappa shape index (κ3) is 2.50. The molecule has 0 radical (unpaired) electrons. The Bertz CT molecular complexity index is 633. The largest absolute Gasteiger partial charge is 0.496 e. The summed E-state index contributed by atoms with van der Waals surface area (Å²) in [5.41, 5.74) is 2.22. The monoisotopic (exact) mass is 258 g/mol. The zero-order chi connectivity index (χ0) is 14.0. The Morgan fingerprint density at radius 2 is 1.74 bits per heavy atom. The third-order valence-electron chi connectivity index (χ3n) is 3.10. The molecule has 0 fully saturated rings. The molecule has 19 heavy (non-hydrogen) atoms. The molecule has 0 saturated heterocycles. The maximum Gasteiger partial charge on any atom is 0.196 e. The molecule has 0 heterocycles. The van der Waals surface area contributed by atoms with Gasteiger partial charge < -0.3 is 4.74 Å². The van der Waals surface area contributed by atoms with Gasteiger partial charge in [-0.25, -0.2) is 4.39 Å². The number of carbonyl (C=O) groups is 1. The van der Waals surface area contributed by atoms with Crippen molar-refractivity contribution in [2.45, 2.75) is 13.8 Å². The molecule has 0 N–H and O–H groups in total. The van der Waals surface area contributed by atoms with E-state index in [0.29, 0.717) is 5.56 Å². The molecule has 0 saturated carbocycles. The van der Waals surface area contributed by atoms with E-state index in [9.17, 15) is 9.18 Å². The highest BCUT2D eigenvalue weighted by molar-refractivity contribution is 6.10. The number of carbonyl (C=O) groups excluding carboxylic acids is 1. The summed E-state index contributed by atoms with van der Waals surface area (Å²) in [7, 11) is 1.58. The Labute approximate surface area is 111 Å². The van der Waals surface area contributed by atoms with Crippen molar-refractivity contribution in [3.8, 4) is 5.75 Å². The lowest BCUT2D eigenvalue weighted by atomic mass is 9.96. The van der Waals surface area contributed by atoms with Crippen LogP contribution in [0.25, 0.3) is 0 Å². The normalized spacial score (nSPS) is 10.3. The molecule has 2 aromatic rings. The Morgan fingerprint density at radius 3 is 2.37 bits per heavy atom.